The van der Waals surface area contributed by atoms with Gasteiger partial charge in [0.2, 0.25) is 0 Å². The van der Waals surface area contributed by atoms with E-state index in [-0.39, 0.29) is 35.7 Å². The van der Waals surface area contributed by atoms with E-state index in [1.807, 2.05) is 7.05 Å². The van der Waals surface area contributed by atoms with Crippen molar-refractivity contribution in [3.8, 4) is 11.5 Å². The lowest BCUT2D eigenvalue weighted by atomic mass is 9.53. The number of methoxy groups -OCH3 is 1. The zero-order valence-corrected chi connectivity index (χ0v) is 13.7. The molecule has 1 saturated heterocycles. The standard InChI is InChI=1S/C18H21NO5/c1-19-6-5-18-8-12(21)13(24-2)7-10(18)15(19)16(22)9-3-4-11(20)17(23)14(9)18/h3-4,7,10,15-16,20,22-23H,5-6,8H2,1-2H3/t10?,15-,16-,18-/m1/s1. The van der Waals surface area contributed by atoms with E-state index in [1.165, 1.54) is 13.2 Å². The van der Waals surface area contributed by atoms with Crippen molar-refractivity contribution in [3.63, 3.8) is 0 Å². The fourth-order valence-corrected chi connectivity index (χ4v) is 4.94. The predicted octanol–water partition coefficient (Wildman–Crippen LogP) is 1.21. The molecular formula is C18H21NO5. The minimum absolute atomic E-state index is 0.109. The van der Waals surface area contributed by atoms with E-state index < -0.39 is 11.5 Å². The lowest BCUT2D eigenvalue weighted by Crippen LogP contribution is -2.61. The van der Waals surface area contributed by atoms with Gasteiger partial charge in [0.05, 0.1) is 13.2 Å². The van der Waals surface area contributed by atoms with Crippen LogP contribution >= 0.6 is 0 Å². The summed E-state index contributed by atoms with van der Waals surface area (Å²) in [7, 11) is 3.43. The molecule has 3 aliphatic rings. The normalized spacial score (nSPS) is 35.0. The number of ketones is 1. The zero-order chi connectivity index (χ0) is 17.2. The van der Waals surface area contributed by atoms with Crippen LogP contribution in [0, 0.1) is 5.92 Å². The van der Waals surface area contributed by atoms with Crippen molar-refractivity contribution in [2.75, 3.05) is 20.7 Å². The first-order valence-electron chi connectivity index (χ1n) is 8.13. The molecule has 24 heavy (non-hydrogen) atoms. The number of allylic oxidation sites excluding steroid dienone is 1. The van der Waals surface area contributed by atoms with Gasteiger partial charge < -0.3 is 20.1 Å². The molecule has 1 aromatic rings. The highest BCUT2D eigenvalue weighted by molar-refractivity contribution is 5.96. The molecule has 1 fully saturated rings. The van der Waals surface area contributed by atoms with E-state index in [4.69, 9.17) is 4.74 Å². The Balaban J connectivity index is 2.03. The van der Waals surface area contributed by atoms with Gasteiger partial charge in [-0.3, -0.25) is 9.69 Å². The number of carbonyl (C=O) groups excluding carboxylic acids is 1. The SMILES string of the molecule is COC1=CC2[C@@H]3[C@H](O)c4ccc(O)c(O)c4[C@]2(CCN3C)CC1=O. The average molecular weight is 331 g/mol. The number of piperidine rings is 1. The molecular weight excluding hydrogens is 310 g/mol. The third-order valence-electron chi connectivity index (χ3n) is 6.06. The molecule has 1 aliphatic heterocycles. The molecule has 6 heteroatoms. The molecule has 1 aromatic carbocycles. The van der Waals surface area contributed by atoms with Gasteiger partial charge in [0.1, 0.15) is 0 Å². The van der Waals surface area contributed by atoms with Crippen LogP contribution in [0.5, 0.6) is 11.5 Å². The molecule has 0 aromatic heterocycles. The van der Waals surface area contributed by atoms with Crippen LogP contribution in [-0.2, 0) is 14.9 Å². The van der Waals surface area contributed by atoms with Crippen LogP contribution in [0.3, 0.4) is 0 Å². The predicted molar refractivity (Wildman–Crippen MR) is 85.7 cm³/mol. The van der Waals surface area contributed by atoms with Gasteiger partial charge in [0, 0.05) is 29.4 Å². The number of aliphatic hydroxyl groups is 1. The van der Waals surface area contributed by atoms with Crippen LogP contribution in [0.25, 0.3) is 0 Å². The van der Waals surface area contributed by atoms with Crippen LogP contribution in [0.2, 0.25) is 0 Å². The largest absolute Gasteiger partial charge is 0.504 e. The number of benzene rings is 1. The summed E-state index contributed by atoms with van der Waals surface area (Å²) in [6, 6.07) is 2.85. The van der Waals surface area contributed by atoms with Gasteiger partial charge in [0.25, 0.3) is 0 Å². The molecule has 0 spiro atoms. The first-order chi connectivity index (χ1) is 11.4. The molecule has 2 bridgehead atoms. The van der Waals surface area contributed by atoms with Gasteiger partial charge in [-0.1, -0.05) is 6.07 Å². The fraction of sp³-hybridized carbons (Fsp3) is 0.500. The summed E-state index contributed by atoms with van der Waals surface area (Å²) in [4.78, 5) is 14.6. The number of ether oxygens (including phenoxy) is 1. The van der Waals surface area contributed by atoms with E-state index in [2.05, 4.69) is 4.90 Å². The van der Waals surface area contributed by atoms with Crippen molar-refractivity contribution in [2.24, 2.45) is 5.92 Å². The van der Waals surface area contributed by atoms with Crippen LogP contribution in [0.15, 0.2) is 24.0 Å². The number of Topliss-reactive ketones (excluding diaryl/α,β-unsaturated/α-hetero) is 1. The smallest absolute Gasteiger partial charge is 0.197 e. The third-order valence-corrected chi connectivity index (χ3v) is 6.06. The van der Waals surface area contributed by atoms with Gasteiger partial charge in [-0.2, -0.15) is 0 Å². The van der Waals surface area contributed by atoms with Crippen molar-refractivity contribution in [2.45, 2.75) is 30.4 Å². The quantitative estimate of drug-likeness (QED) is 0.670. The Labute approximate surface area is 140 Å². The summed E-state index contributed by atoms with van der Waals surface area (Å²) >= 11 is 0. The summed E-state index contributed by atoms with van der Waals surface area (Å²) < 4.78 is 5.23. The van der Waals surface area contributed by atoms with Gasteiger partial charge in [-0.15, -0.1) is 0 Å². The highest BCUT2D eigenvalue weighted by atomic mass is 16.5. The Morgan fingerprint density at radius 2 is 2.08 bits per heavy atom. The number of fused-ring (bicyclic) bond motifs is 1. The number of phenolic OH excluding ortho intramolecular Hbond substituents is 2. The topological polar surface area (TPSA) is 90.2 Å². The Hall–Kier alpha value is -2.05. The van der Waals surface area contributed by atoms with E-state index in [9.17, 15) is 20.1 Å². The number of aromatic hydroxyl groups is 2. The third kappa shape index (κ3) is 1.75. The number of carbonyl (C=O) groups is 1. The van der Waals surface area contributed by atoms with E-state index in [0.717, 1.165) is 0 Å². The van der Waals surface area contributed by atoms with Crippen LogP contribution < -0.4 is 0 Å². The molecule has 1 unspecified atom stereocenters. The van der Waals surface area contributed by atoms with Crippen molar-refractivity contribution < 1.29 is 24.9 Å². The Kier molecular flexibility index (Phi) is 3.21. The first kappa shape index (κ1) is 15.5. The Morgan fingerprint density at radius 1 is 1.33 bits per heavy atom. The second-order valence-electron chi connectivity index (χ2n) is 7.08. The van der Waals surface area contributed by atoms with Gasteiger partial charge in [-0.25, -0.2) is 0 Å². The average Bonchev–Trinajstić information content (AvgIpc) is 2.55. The minimum Gasteiger partial charge on any atom is -0.504 e. The Morgan fingerprint density at radius 3 is 2.79 bits per heavy atom. The molecule has 1 heterocycles. The zero-order valence-electron chi connectivity index (χ0n) is 13.7. The van der Waals surface area contributed by atoms with Crippen LogP contribution in [0.1, 0.15) is 30.1 Å². The van der Waals surface area contributed by atoms with Crippen molar-refractivity contribution in [1.82, 2.24) is 4.90 Å². The second-order valence-corrected chi connectivity index (χ2v) is 7.08. The van der Waals surface area contributed by atoms with Gasteiger partial charge in [-0.05, 0) is 37.7 Å². The minimum atomic E-state index is -0.808. The Bertz CT molecular complexity index is 758. The maximum atomic E-state index is 12.5. The number of rotatable bonds is 1. The lowest BCUT2D eigenvalue weighted by Gasteiger charge is -2.57. The van der Waals surface area contributed by atoms with Gasteiger partial charge in [0.15, 0.2) is 23.0 Å². The molecule has 0 saturated carbocycles. The second kappa shape index (κ2) is 4.97. The van der Waals surface area contributed by atoms with Gasteiger partial charge >= 0.3 is 0 Å². The molecule has 6 nitrogen and oxygen atoms in total. The summed E-state index contributed by atoms with van der Waals surface area (Å²) in [6.45, 7) is 0.705. The molecule has 2 aliphatic carbocycles. The van der Waals surface area contributed by atoms with Crippen molar-refractivity contribution in [1.29, 1.82) is 0 Å². The molecule has 4 rings (SSSR count). The fourth-order valence-electron chi connectivity index (χ4n) is 4.94. The molecule has 0 amide bonds. The molecule has 4 atom stereocenters. The summed E-state index contributed by atoms with van der Waals surface area (Å²) in [5.74, 6) is -0.408. The highest BCUT2D eigenvalue weighted by Crippen LogP contribution is 2.59. The highest BCUT2D eigenvalue weighted by Gasteiger charge is 2.59. The number of likely N-dealkylation sites (tertiary alicyclic amines) is 1. The molecule has 128 valence electrons. The summed E-state index contributed by atoms with van der Waals surface area (Å²) in [6.07, 6.45) is 1.86. The van der Waals surface area contributed by atoms with E-state index >= 15 is 0 Å². The van der Waals surface area contributed by atoms with Crippen molar-refractivity contribution >= 4 is 5.78 Å². The number of phenols is 2. The van der Waals surface area contributed by atoms with Crippen molar-refractivity contribution in [3.05, 3.63) is 35.1 Å². The first-order valence-corrected chi connectivity index (χ1v) is 8.13. The maximum Gasteiger partial charge on any atom is 0.197 e. The lowest BCUT2D eigenvalue weighted by molar-refractivity contribution is -0.124. The van der Waals surface area contributed by atoms with Crippen LogP contribution in [0.4, 0.5) is 0 Å². The number of likely N-dealkylation sites (N-methyl/N-ethyl adjacent to an activating group) is 1. The maximum absolute atomic E-state index is 12.5. The number of hydrogen-bond acceptors (Lipinski definition) is 6. The molecule has 3 N–H and O–H groups in total. The number of hydrogen-bond donors (Lipinski definition) is 3. The summed E-state index contributed by atoms with van der Waals surface area (Å²) in [5, 5.41) is 31.5. The monoisotopic (exact) mass is 331 g/mol. The molecule has 0 radical (unpaired) electrons. The van der Waals surface area contributed by atoms with Crippen LogP contribution in [-0.4, -0.2) is 52.7 Å². The van der Waals surface area contributed by atoms with E-state index in [0.29, 0.717) is 29.9 Å². The summed E-state index contributed by atoms with van der Waals surface area (Å²) in [5.41, 5.74) is 0.498. The number of aliphatic hydroxyl groups excluding tert-OH is 1. The number of nitrogens with zero attached hydrogens (tertiary/aromatic N) is 1. The van der Waals surface area contributed by atoms with E-state index in [1.54, 1.807) is 12.1 Å².